The van der Waals surface area contributed by atoms with Gasteiger partial charge in [-0.2, -0.15) is 0 Å². The van der Waals surface area contributed by atoms with Gasteiger partial charge in [0.1, 0.15) is 0 Å². The number of hydrogen-bond donors (Lipinski definition) is 1. The summed E-state index contributed by atoms with van der Waals surface area (Å²) in [5.74, 6) is 0.700. The highest BCUT2D eigenvalue weighted by atomic mass is 79.9. The van der Waals surface area contributed by atoms with Crippen molar-refractivity contribution in [3.63, 3.8) is 0 Å². The molecule has 0 aliphatic rings. The van der Waals surface area contributed by atoms with Crippen LogP contribution in [0.5, 0.6) is 11.5 Å². The van der Waals surface area contributed by atoms with Crippen LogP contribution in [0.15, 0.2) is 10.5 Å². The Hall–Kier alpha value is -1.07. The van der Waals surface area contributed by atoms with Crippen LogP contribution in [-0.2, 0) is 0 Å². The van der Waals surface area contributed by atoms with E-state index in [9.17, 15) is 9.90 Å². The van der Waals surface area contributed by atoms with Crippen LogP contribution in [0.2, 0.25) is 0 Å². The summed E-state index contributed by atoms with van der Waals surface area (Å²) in [5.41, 5.74) is 0.931. The molecule has 88 valence electrons. The quantitative estimate of drug-likeness (QED) is 0.864. The summed E-state index contributed by atoms with van der Waals surface area (Å²) in [6.45, 7) is 1.61. The molecule has 0 fully saturated rings. The molecule has 0 radical (unpaired) electrons. The van der Waals surface area contributed by atoms with Crippen LogP contribution in [0, 0.1) is 0 Å². The van der Waals surface area contributed by atoms with Crippen LogP contribution in [0.3, 0.4) is 0 Å². The van der Waals surface area contributed by atoms with Crippen LogP contribution in [-0.4, -0.2) is 25.6 Å². The van der Waals surface area contributed by atoms with Gasteiger partial charge in [-0.1, -0.05) is 15.9 Å². The van der Waals surface area contributed by atoms with Gasteiger partial charge in [0.05, 0.1) is 25.9 Å². The molecule has 0 saturated heterocycles. The van der Waals surface area contributed by atoms with E-state index in [1.54, 1.807) is 13.0 Å². The molecular weight excluding hydrogens is 276 g/mol. The Morgan fingerprint density at radius 2 is 1.94 bits per heavy atom. The fraction of sp³-hybridized carbons (Fsp3) is 0.364. The Balaban J connectivity index is 3.57. The number of aliphatic hydroxyl groups is 1. The first-order chi connectivity index (χ1) is 7.56. The number of halogens is 1. The van der Waals surface area contributed by atoms with Gasteiger partial charge in [-0.3, -0.25) is 4.79 Å². The average molecular weight is 289 g/mol. The number of rotatable bonds is 4. The van der Waals surface area contributed by atoms with Crippen molar-refractivity contribution in [2.75, 3.05) is 14.2 Å². The minimum absolute atomic E-state index is 0.330. The molecule has 5 heteroatoms. The minimum atomic E-state index is -0.723. The zero-order chi connectivity index (χ0) is 12.3. The number of carbonyl (C=O) groups excluding carboxylic acids is 1. The fourth-order valence-corrected chi connectivity index (χ4v) is 2.29. The van der Waals surface area contributed by atoms with Crippen LogP contribution in [0.1, 0.15) is 28.9 Å². The summed E-state index contributed by atoms with van der Waals surface area (Å²) in [5, 5.41) is 9.65. The van der Waals surface area contributed by atoms with Gasteiger partial charge in [-0.25, -0.2) is 0 Å². The molecule has 1 rings (SSSR count). The predicted octanol–water partition coefficient (Wildman–Crippen LogP) is 2.33. The lowest BCUT2D eigenvalue weighted by molar-refractivity contribution is 0.111. The van der Waals surface area contributed by atoms with E-state index < -0.39 is 6.10 Å². The molecule has 0 aliphatic heterocycles. The third-order valence-corrected chi connectivity index (χ3v) is 2.86. The number of ether oxygens (including phenoxy) is 2. The third-order valence-electron chi connectivity index (χ3n) is 2.21. The van der Waals surface area contributed by atoms with E-state index in [1.165, 1.54) is 14.2 Å². The highest BCUT2D eigenvalue weighted by Gasteiger charge is 2.21. The van der Waals surface area contributed by atoms with Crippen LogP contribution in [0.4, 0.5) is 0 Å². The normalized spacial score (nSPS) is 12.1. The molecule has 0 amide bonds. The van der Waals surface area contributed by atoms with Crippen LogP contribution < -0.4 is 9.47 Å². The van der Waals surface area contributed by atoms with Crippen molar-refractivity contribution in [2.45, 2.75) is 13.0 Å². The van der Waals surface area contributed by atoms with Crippen molar-refractivity contribution in [1.29, 1.82) is 0 Å². The molecule has 1 N–H and O–H groups in total. The van der Waals surface area contributed by atoms with E-state index in [2.05, 4.69) is 15.9 Å². The monoisotopic (exact) mass is 288 g/mol. The molecule has 0 saturated carbocycles. The standard InChI is InChI=1S/C11H13BrO4/c1-6(14)9-8(12)4-7(5-13)10(15-2)11(9)16-3/h4-6,14H,1-3H3. The summed E-state index contributed by atoms with van der Waals surface area (Å²) >= 11 is 3.29. The molecule has 0 spiro atoms. The lowest BCUT2D eigenvalue weighted by Crippen LogP contribution is -2.03. The first-order valence-electron chi connectivity index (χ1n) is 4.64. The second-order valence-electron chi connectivity index (χ2n) is 3.22. The largest absolute Gasteiger partial charge is 0.492 e. The molecule has 1 atom stereocenters. The van der Waals surface area contributed by atoms with Crippen LogP contribution >= 0.6 is 15.9 Å². The maximum atomic E-state index is 10.9. The zero-order valence-electron chi connectivity index (χ0n) is 9.28. The molecule has 0 heterocycles. The first-order valence-corrected chi connectivity index (χ1v) is 5.43. The van der Waals surface area contributed by atoms with Crippen LogP contribution in [0.25, 0.3) is 0 Å². The van der Waals surface area contributed by atoms with E-state index in [0.717, 1.165) is 0 Å². The van der Waals surface area contributed by atoms with Gasteiger partial charge in [0.2, 0.25) is 0 Å². The Kier molecular flexibility index (Phi) is 4.32. The molecule has 1 aromatic rings. The maximum absolute atomic E-state index is 10.9. The third kappa shape index (κ3) is 2.20. The predicted molar refractivity (Wildman–Crippen MR) is 63.3 cm³/mol. The molecule has 1 unspecified atom stereocenters. The molecule has 0 aliphatic carbocycles. The van der Waals surface area contributed by atoms with Gasteiger partial charge in [-0.15, -0.1) is 0 Å². The first kappa shape index (κ1) is 13.0. The molecule has 0 aromatic heterocycles. The van der Waals surface area contributed by atoms with E-state index in [1.807, 2.05) is 0 Å². The van der Waals surface area contributed by atoms with Crippen molar-refractivity contribution in [3.05, 3.63) is 21.7 Å². The van der Waals surface area contributed by atoms with Crippen molar-refractivity contribution in [2.24, 2.45) is 0 Å². The molecular formula is C11H13BrO4. The lowest BCUT2D eigenvalue weighted by atomic mass is 10.1. The number of aldehydes is 1. The summed E-state index contributed by atoms with van der Waals surface area (Å²) in [4.78, 5) is 10.9. The number of benzene rings is 1. The van der Waals surface area contributed by atoms with Gasteiger partial charge in [0.25, 0.3) is 0 Å². The number of hydrogen-bond acceptors (Lipinski definition) is 4. The van der Waals surface area contributed by atoms with Crippen molar-refractivity contribution in [1.82, 2.24) is 0 Å². The van der Waals surface area contributed by atoms with Gasteiger partial charge in [0, 0.05) is 10.0 Å². The Bertz CT molecular complexity index is 401. The van der Waals surface area contributed by atoms with Crippen molar-refractivity contribution in [3.8, 4) is 11.5 Å². The van der Waals surface area contributed by atoms with E-state index in [-0.39, 0.29) is 0 Å². The maximum Gasteiger partial charge on any atom is 0.171 e. The lowest BCUT2D eigenvalue weighted by Gasteiger charge is -2.17. The van der Waals surface area contributed by atoms with Gasteiger partial charge in [0.15, 0.2) is 17.8 Å². The second kappa shape index (κ2) is 5.32. The average Bonchev–Trinajstić information content (AvgIpc) is 2.26. The van der Waals surface area contributed by atoms with Crippen molar-refractivity contribution >= 4 is 22.2 Å². The topological polar surface area (TPSA) is 55.8 Å². The van der Waals surface area contributed by atoms with E-state index in [4.69, 9.17) is 9.47 Å². The summed E-state index contributed by atoms with van der Waals surface area (Å²) in [6.07, 6.45) is -0.0447. The molecule has 0 bridgehead atoms. The van der Waals surface area contributed by atoms with Gasteiger partial charge in [-0.05, 0) is 13.0 Å². The second-order valence-corrected chi connectivity index (χ2v) is 4.08. The summed E-state index contributed by atoms with van der Waals surface area (Å²) in [7, 11) is 2.91. The molecule has 1 aromatic carbocycles. The fourth-order valence-electron chi connectivity index (χ4n) is 1.53. The number of methoxy groups -OCH3 is 2. The minimum Gasteiger partial charge on any atom is -0.492 e. The zero-order valence-corrected chi connectivity index (χ0v) is 10.9. The van der Waals surface area contributed by atoms with E-state index >= 15 is 0 Å². The summed E-state index contributed by atoms with van der Waals surface area (Å²) in [6, 6.07) is 1.59. The van der Waals surface area contributed by atoms with Crippen molar-refractivity contribution < 1.29 is 19.4 Å². The number of aliphatic hydroxyl groups excluding tert-OH is 1. The highest BCUT2D eigenvalue weighted by molar-refractivity contribution is 9.10. The molecule has 16 heavy (non-hydrogen) atoms. The Morgan fingerprint density at radius 1 is 1.38 bits per heavy atom. The Morgan fingerprint density at radius 3 is 2.31 bits per heavy atom. The van der Waals surface area contributed by atoms with Gasteiger partial charge < -0.3 is 14.6 Å². The highest BCUT2D eigenvalue weighted by Crippen LogP contribution is 2.41. The molecule has 4 nitrogen and oxygen atoms in total. The SMILES string of the molecule is COc1c(C=O)cc(Br)c(C(C)O)c1OC. The number of carbonyl (C=O) groups is 1. The Labute approximate surface area is 102 Å². The summed E-state index contributed by atoms with van der Waals surface area (Å²) < 4.78 is 10.9. The smallest absolute Gasteiger partial charge is 0.171 e. The van der Waals surface area contributed by atoms with E-state index in [0.29, 0.717) is 33.4 Å². The van der Waals surface area contributed by atoms with Gasteiger partial charge >= 0.3 is 0 Å².